The van der Waals surface area contributed by atoms with Crippen LogP contribution in [0, 0.1) is 0 Å². The third-order valence-electron chi connectivity index (χ3n) is 6.94. The van der Waals surface area contributed by atoms with E-state index in [9.17, 15) is 19.8 Å². The van der Waals surface area contributed by atoms with E-state index in [1.54, 1.807) is 0 Å². The number of rotatable bonds is 0. The molecule has 3 rings (SSSR count). The maximum Gasteiger partial charge on any atom is 0.197 e. The Balaban J connectivity index is 2.28. The molecule has 3 bridgehead atoms. The van der Waals surface area contributed by atoms with Crippen LogP contribution in [0.25, 0.3) is 0 Å². The molecule has 2 N–H and O–H groups in total. The highest BCUT2D eigenvalue weighted by molar-refractivity contribution is 6.44. The van der Waals surface area contributed by atoms with Gasteiger partial charge in [0.25, 0.3) is 0 Å². The quantitative estimate of drug-likeness (QED) is 0.335. The van der Waals surface area contributed by atoms with Crippen LogP contribution < -0.4 is 4.74 Å². The number of allylic oxidation sites excluding steroid dienone is 3. The molecule has 0 amide bonds. The fourth-order valence-electron chi connectivity index (χ4n) is 4.41. The van der Waals surface area contributed by atoms with Crippen molar-refractivity contribution in [3.63, 3.8) is 0 Å². The lowest BCUT2D eigenvalue weighted by atomic mass is 9.67. The minimum absolute atomic E-state index is 0.0986. The number of carbonyl (C=O) groups is 2. The summed E-state index contributed by atoms with van der Waals surface area (Å²) in [6.07, 6.45) is 3.88. The third-order valence-corrected chi connectivity index (χ3v) is 8.17. The van der Waals surface area contributed by atoms with Gasteiger partial charge in [-0.05, 0) is 66.9 Å². The summed E-state index contributed by atoms with van der Waals surface area (Å²) < 4.78 is 6.09. The Morgan fingerprint density at radius 2 is 1.79 bits per heavy atom. The number of fused-ring (bicyclic) bond motifs is 2. The van der Waals surface area contributed by atoms with Crippen LogP contribution in [0.4, 0.5) is 0 Å². The molecule has 0 unspecified atom stereocenters. The van der Waals surface area contributed by atoms with Gasteiger partial charge in [0, 0.05) is 18.1 Å². The number of benzene rings is 1. The van der Waals surface area contributed by atoms with E-state index in [4.69, 9.17) is 27.9 Å². The third kappa shape index (κ3) is 4.48. The number of alkyl halides is 2. The number of Topliss-reactive ketones (excluding diaryl/α,β-unsaturated/α-hetero) is 2. The highest BCUT2D eigenvalue weighted by atomic mass is 35.5. The molecule has 0 saturated heterocycles. The maximum absolute atomic E-state index is 13.7. The lowest BCUT2D eigenvalue weighted by Crippen LogP contribution is -2.62. The molecule has 0 fully saturated rings. The zero-order valence-corrected chi connectivity index (χ0v) is 21.5. The molecule has 1 aromatic rings. The van der Waals surface area contributed by atoms with E-state index in [0.29, 0.717) is 12.8 Å². The maximum atomic E-state index is 13.7. The SMILES string of the molecule is CC(C)=C1C/C=C(/C)CC[C@@H](Cl)C(C)(C)Oc2cc(O)c3c(c2)C(=O)[C@](O)(C1)[C@](C)(Cl)C3=O. The molecule has 5 nitrogen and oxygen atoms in total. The molecule has 1 aliphatic heterocycles. The molecule has 0 spiro atoms. The van der Waals surface area contributed by atoms with Crippen LogP contribution in [0.1, 0.15) is 87.9 Å². The van der Waals surface area contributed by atoms with Crippen LogP contribution in [0.2, 0.25) is 0 Å². The first kappa shape index (κ1) is 25.8. The van der Waals surface area contributed by atoms with E-state index in [2.05, 4.69) is 6.08 Å². The number of ketones is 2. The lowest BCUT2D eigenvalue weighted by Gasteiger charge is -2.43. The average molecular weight is 495 g/mol. The summed E-state index contributed by atoms with van der Waals surface area (Å²) in [6, 6.07) is 2.68. The normalized spacial score (nSPS) is 31.8. The molecule has 0 saturated carbocycles. The van der Waals surface area contributed by atoms with Gasteiger partial charge < -0.3 is 14.9 Å². The molecular formula is C26H32Cl2O5. The van der Waals surface area contributed by atoms with Crippen LogP contribution >= 0.6 is 23.2 Å². The second kappa shape index (κ2) is 8.75. The molecule has 0 radical (unpaired) electrons. The van der Waals surface area contributed by atoms with E-state index in [1.807, 2.05) is 34.6 Å². The smallest absolute Gasteiger partial charge is 0.197 e. The predicted molar refractivity (Wildman–Crippen MR) is 131 cm³/mol. The van der Waals surface area contributed by atoms with Gasteiger partial charge in [-0.15, -0.1) is 23.2 Å². The fourth-order valence-corrected chi connectivity index (χ4v) is 4.81. The minimum Gasteiger partial charge on any atom is -0.507 e. The van der Waals surface area contributed by atoms with Gasteiger partial charge >= 0.3 is 0 Å². The number of hydrogen-bond donors (Lipinski definition) is 2. The first-order valence-electron chi connectivity index (χ1n) is 11.1. The van der Waals surface area contributed by atoms with Crippen molar-refractivity contribution in [2.75, 3.05) is 0 Å². The monoisotopic (exact) mass is 494 g/mol. The molecule has 180 valence electrons. The summed E-state index contributed by atoms with van der Waals surface area (Å²) in [5.41, 5.74) is -0.442. The second-order valence-corrected chi connectivity index (χ2v) is 11.4. The molecule has 1 aromatic carbocycles. The summed E-state index contributed by atoms with van der Waals surface area (Å²) in [4.78, 5) is 25.1. The molecule has 0 aromatic heterocycles. The standard InChI is InChI=1S/C26H32Cl2O5/c1-14(2)16-9-7-15(3)8-10-20(27)24(4,5)33-17-11-18-21(19(29)12-17)23(31)25(6,28)26(32,13-16)22(18)30/h7,11-12,20,29,32H,8-10,13H2,1-6H3/b15-7-/t20-,25-,26-/m1/s1. The highest BCUT2D eigenvalue weighted by Crippen LogP contribution is 2.48. The first-order chi connectivity index (χ1) is 15.1. The number of ether oxygens (including phenoxy) is 1. The summed E-state index contributed by atoms with van der Waals surface area (Å²) in [7, 11) is 0. The summed E-state index contributed by atoms with van der Waals surface area (Å²) in [6.45, 7) is 10.8. The zero-order chi connectivity index (χ0) is 24.9. The Morgan fingerprint density at radius 3 is 2.39 bits per heavy atom. The Morgan fingerprint density at radius 1 is 1.15 bits per heavy atom. The number of hydrogen-bond acceptors (Lipinski definition) is 5. The lowest BCUT2D eigenvalue weighted by molar-refractivity contribution is 0.00869. The van der Waals surface area contributed by atoms with Gasteiger partial charge in [0.05, 0.1) is 10.9 Å². The Kier molecular flexibility index (Phi) is 6.84. The summed E-state index contributed by atoms with van der Waals surface area (Å²) in [5, 5.41) is 22.0. The fraction of sp³-hybridized carbons (Fsp3) is 0.538. The second-order valence-electron chi connectivity index (χ2n) is 10.1. The van der Waals surface area contributed by atoms with Crippen molar-refractivity contribution in [2.24, 2.45) is 0 Å². The molecular weight excluding hydrogens is 463 g/mol. The molecule has 1 aliphatic carbocycles. The van der Waals surface area contributed by atoms with Crippen molar-refractivity contribution in [3.8, 4) is 11.5 Å². The molecule has 1 heterocycles. The number of aliphatic hydroxyl groups is 1. The number of aromatic hydroxyl groups is 1. The van der Waals surface area contributed by atoms with E-state index < -0.39 is 33.4 Å². The van der Waals surface area contributed by atoms with Gasteiger partial charge in [-0.25, -0.2) is 0 Å². The van der Waals surface area contributed by atoms with Crippen molar-refractivity contribution in [1.82, 2.24) is 0 Å². The number of carbonyl (C=O) groups excluding carboxylic acids is 2. The molecule has 2 aliphatic rings. The largest absolute Gasteiger partial charge is 0.507 e. The highest BCUT2D eigenvalue weighted by Gasteiger charge is 2.61. The van der Waals surface area contributed by atoms with E-state index in [-0.39, 0.29) is 28.7 Å². The van der Waals surface area contributed by atoms with Crippen molar-refractivity contribution >= 4 is 34.8 Å². The van der Waals surface area contributed by atoms with Crippen LogP contribution in [0.3, 0.4) is 0 Å². The van der Waals surface area contributed by atoms with Crippen molar-refractivity contribution in [3.05, 3.63) is 46.1 Å². The Labute approximate surface area is 205 Å². The minimum atomic E-state index is -2.19. The van der Waals surface area contributed by atoms with E-state index in [0.717, 1.165) is 23.1 Å². The van der Waals surface area contributed by atoms with E-state index in [1.165, 1.54) is 19.1 Å². The van der Waals surface area contributed by atoms with Crippen LogP contribution in [-0.2, 0) is 0 Å². The van der Waals surface area contributed by atoms with Gasteiger partial charge in [0.1, 0.15) is 22.0 Å². The molecule has 33 heavy (non-hydrogen) atoms. The zero-order valence-electron chi connectivity index (χ0n) is 20.0. The molecule has 7 heteroatoms. The van der Waals surface area contributed by atoms with Crippen LogP contribution in [0.5, 0.6) is 11.5 Å². The summed E-state index contributed by atoms with van der Waals surface area (Å²) >= 11 is 13.3. The Hall–Kier alpha value is -1.82. The van der Waals surface area contributed by atoms with Crippen LogP contribution in [-0.4, -0.2) is 43.2 Å². The van der Waals surface area contributed by atoms with E-state index >= 15 is 0 Å². The van der Waals surface area contributed by atoms with Gasteiger partial charge in [0.2, 0.25) is 0 Å². The van der Waals surface area contributed by atoms with Gasteiger partial charge in [-0.1, -0.05) is 22.8 Å². The first-order valence-corrected chi connectivity index (χ1v) is 11.9. The number of halogens is 2. The Bertz CT molecular complexity index is 1060. The van der Waals surface area contributed by atoms with Gasteiger partial charge in [0.15, 0.2) is 17.2 Å². The van der Waals surface area contributed by atoms with Gasteiger partial charge in [-0.3, -0.25) is 9.59 Å². The number of phenols is 1. The topological polar surface area (TPSA) is 83.8 Å². The van der Waals surface area contributed by atoms with Crippen molar-refractivity contribution in [1.29, 1.82) is 0 Å². The summed E-state index contributed by atoms with van der Waals surface area (Å²) in [5.74, 6) is -1.65. The predicted octanol–water partition coefficient (Wildman–Crippen LogP) is 6.12. The molecule has 3 atom stereocenters. The van der Waals surface area contributed by atoms with Crippen molar-refractivity contribution < 1.29 is 24.5 Å². The van der Waals surface area contributed by atoms with Crippen molar-refractivity contribution in [2.45, 2.75) is 88.7 Å². The van der Waals surface area contributed by atoms with Crippen LogP contribution in [0.15, 0.2) is 34.9 Å². The van der Waals surface area contributed by atoms with Gasteiger partial charge in [-0.2, -0.15) is 0 Å². The number of phenolic OH excluding ortho intramolecular Hbond substituents is 1. The average Bonchev–Trinajstić information content (AvgIpc) is 2.71.